The summed E-state index contributed by atoms with van der Waals surface area (Å²) in [5.74, 6) is 1.33. The Hall–Kier alpha value is -3.03. The molecule has 3 aromatic rings. The number of ether oxygens (including phenoxy) is 3. The van der Waals surface area contributed by atoms with Gasteiger partial charge in [-0.15, -0.1) is 11.3 Å². The summed E-state index contributed by atoms with van der Waals surface area (Å²) in [6.45, 7) is 1.79. The van der Waals surface area contributed by atoms with Crippen LogP contribution in [0.4, 0.5) is 5.69 Å². The number of rotatable bonds is 7. The summed E-state index contributed by atoms with van der Waals surface area (Å²) in [5.41, 5.74) is 2.46. The average Bonchev–Trinajstić information content (AvgIpc) is 3.54. The molecular weight excluding hydrogens is 424 g/mol. The molecule has 166 valence electrons. The van der Waals surface area contributed by atoms with Crippen LogP contribution in [-0.4, -0.2) is 37.2 Å². The summed E-state index contributed by atoms with van der Waals surface area (Å²) in [6.07, 6.45) is 1.74. The summed E-state index contributed by atoms with van der Waals surface area (Å²) < 4.78 is 17.5. The minimum atomic E-state index is -0.318. The van der Waals surface area contributed by atoms with E-state index in [9.17, 15) is 4.79 Å². The van der Waals surface area contributed by atoms with Crippen molar-refractivity contribution in [3.8, 4) is 11.5 Å². The maximum Gasteiger partial charge on any atom is 0.257 e. The van der Waals surface area contributed by atoms with Gasteiger partial charge in [0, 0.05) is 23.7 Å². The first kappa shape index (κ1) is 20.8. The van der Waals surface area contributed by atoms with Crippen molar-refractivity contribution in [2.24, 2.45) is 0 Å². The fraction of sp³-hybridized carbons (Fsp3) is 0.320. The van der Waals surface area contributed by atoms with E-state index in [-0.39, 0.29) is 18.2 Å². The Bertz CT molecular complexity index is 1080. The first-order valence-electron chi connectivity index (χ1n) is 10.8. The van der Waals surface area contributed by atoms with Gasteiger partial charge in [-0.05, 0) is 54.1 Å². The van der Waals surface area contributed by atoms with Crippen LogP contribution < -0.4 is 14.8 Å². The molecule has 0 radical (unpaired) electrons. The molecule has 0 bridgehead atoms. The van der Waals surface area contributed by atoms with Gasteiger partial charge in [0.1, 0.15) is 12.8 Å². The third-order valence-electron chi connectivity index (χ3n) is 5.90. The Labute approximate surface area is 191 Å². The van der Waals surface area contributed by atoms with E-state index in [2.05, 4.69) is 5.32 Å². The predicted octanol–water partition coefficient (Wildman–Crippen LogP) is 5.08. The van der Waals surface area contributed by atoms with Gasteiger partial charge in [-0.3, -0.25) is 4.79 Å². The van der Waals surface area contributed by atoms with Crippen LogP contribution in [0.15, 0.2) is 60.0 Å². The second-order valence-corrected chi connectivity index (χ2v) is 9.00. The molecule has 1 saturated heterocycles. The lowest BCUT2D eigenvalue weighted by Gasteiger charge is -2.39. The van der Waals surface area contributed by atoms with E-state index in [1.807, 2.05) is 64.9 Å². The average molecular weight is 451 g/mol. The van der Waals surface area contributed by atoms with Crippen LogP contribution >= 0.6 is 11.3 Å². The number of thiophene rings is 1. The van der Waals surface area contributed by atoms with Crippen LogP contribution in [0.3, 0.4) is 0 Å². The number of hydrogen-bond acceptors (Lipinski definition) is 6. The molecule has 1 amide bonds. The smallest absolute Gasteiger partial charge is 0.257 e. The summed E-state index contributed by atoms with van der Waals surface area (Å²) >= 11 is 1.66. The molecule has 1 aromatic heterocycles. The number of carbonyl (C=O) groups excluding carboxylic acids is 1. The lowest BCUT2D eigenvalue weighted by Crippen LogP contribution is -2.46. The monoisotopic (exact) mass is 450 g/mol. The fourth-order valence-electron chi connectivity index (χ4n) is 4.27. The lowest BCUT2D eigenvalue weighted by atomic mass is 10.0. The molecule has 0 saturated carbocycles. The number of carbonyl (C=O) groups is 1. The van der Waals surface area contributed by atoms with Crippen LogP contribution in [-0.2, 0) is 11.3 Å². The Morgan fingerprint density at radius 3 is 2.84 bits per heavy atom. The van der Waals surface area contributed by atoms with Crippen LogP contribution in [0.5, 0.6) is 11.5 Å². The normalized spacial score (nSPS) is 20.0. The topological polar surface area (TPSA) is 60.0 Å². The highest BCUT2D eigenvalue weighted by molar-refractivity contribution is 7.09. The standard InChI is InChI=1S/C25H26N2O4S/c1-29-23-14-17(10-11-22(23)31-16-19-7-5-13-32-19)24-26-21-9-3-2-8-20(21)25(28)27(24)15-18-6-4-12-30-18/h2-3,5,7-11,13-14,18,24,26H,4,6,12,15-16H2,1H3/t18-,24-/m0/s1. The number of hydrogen-bond donors (Lipinski definition) is 1. The number of amides is 1. The van der Waals surface area contributed by atoms with E-state index in [1.165, 1.54) is 0 Å². The van der Waals surface area contributed by atoms with E-state index in [0.717, 1.165) is 35.6 Å². The van der Waals surface area contributed by atoms with Crippen molar-refractivity contribution in [3.63, 3.8) is 0 Å². The highest BCUT2D eigenvalue weighted by atomic mass is 32.1. The van der Waals surface area contributed by atoms with E-state index < -0.39 is 0 Å². The van der Waals surface area contributed by atoms with E-state index in [0.29, 0.717) is 30.2 Å². The van der Waals surface area contributed by atoms with E-state index in [4.69, 9.17) is 14.2 Å². The molecule has 7 heteroatoms. The summed E-state index contributed by atoms with van der Waals surface area (Å²) in [6, 6.07) is 17.6. The quantitative estimate of drug-likeness (QED) is 0.544. The van der Waals surface area contributed by atoms with Gasteiger partial charge in [0.25, 0.3) is 5.91 Å². The first-order chi connectivity index (χ1) is 15.7. The molecule has 2 aliphatic rings. The second kappa shape index (κ2) is 9.22. The number of methoxy groups -OCH3 is 1. The molecule has 1 fully saturated rings. The Kier molecular flexibility index (Phi) is 6.01. The van der Waals surface area contributed by atoms with Crippen molar-refractivity contribution in [1.29, 1.82) is 0 Å². The van der Waals surface area contributed by atoms with Gasteiger partial charge in [-0.2, -0.15) is 0 Å². The number of anilines is 1. The molecular formula is C25H26N2O4S. The van der Waals surface area contributed by atoms with Gasteiger partial charge < -0.3 is 24.4 Å². The zero-order chi connectivity index (χ0) is 21.9. The summed E-state index contributed by atoms with van der Waals surface area (Å²) in [4.78, 5) is 16.4. The van der Waals surface area contributed by atoms with Crippen molar-refractivity contribution in [1.82, 2.24) is 4.90 Å². The lowest BCUT2D eigenvalue weighted by molar-refractivity contribution is 0.0426. The van der Waals surface area contributed by atoms with Crippen molar-refractivity contribution in [2.75, 3.05) is 25.6 Å². The Morgan fingerprint density at radius 2 is 2.06 bits per heavy atom. The molecule has 1 N–H and O–H groups in total. The second-order valence-electron chi connectivity index (χ2n) is 7.96. The Balaban J connectivity index is 1.44. The Morgan fingerprint density at radius 1 is 1.16 bits per heavy atom. The van der Waals surface area contributed by atoms with Crippen molar-refractivity contribution < 1.29 is 19.0 Å². The molecule has 5 rings (SSSR count). The van der Waals surface area contributed by atoms with Crippen molar-refractivity contribution in [2.45, 2.75) is 31.7 Å². The number of benzene rings is 2. The molecule has 2 aliphatic heterocycles. The van der Waals surface area contributed by atoms with Crippen LogP contribution in [0.1, 0.15) is 39.8 Å². The van der Waals surface area contributed by atoms with Gasteiger partial charge in [-0.1, -0.05) is 24.3 Å². The van der Waals surface area contributed by atoms with E-state index >= 15 is 0 Å². The van der Waals surface area contributed by atoms with Crippen molar-refractivity contribution in [3.05, 3.63) is 76.0 Å². The number of fused-ring (bicyclic) bond motifs is 1. The molecule has 3 heterocycles. The number of para-hydroxylation sites is 1. The third kappa shape index (κ3) is 4.18. The largest absolute Gasteiger partial charge is 0.493 e. The molecule has 6 nitrogen and oxygen atoms in total. The zero-order valence-corrected chi connectivity index (χ0v) is 18.8. The van der Waals surface area contributed by atoms with Crippen LogP contribution in [0.25, 0.3) is 0 Å². The molecule has 2 aromatic carbocycles. The maximum absolute atomic E-state index is 13.4. The van der Waals surface area contributed by atoms with Crippen molar-refractivity contribution >= 4 is 22.9 Å². The van der Waals surface area contributed by atoms with Gasteiger partial charge in [0.15, 0.2) is 11.5 Å². The molecule has 2 atom stereocenters. The first-order valence-corrected chi connectivity index (χ1v) is 11.7. The minimum Gasteiger partial charge on any atom is -0.493 e. The summed E-state index contributed by atoms with van der Waals surface area (Å²) in [7, 11) is 1.63. The van der Waals surface area contributed by atoms with Crippen LogP contribution in [0.2, 0.25) is 0 Å². The van der Waals surface area contributed by atoms with Gasteiger partial charge in [0.05, 0.1) is 18.8 Å². The fourth-order valence-corrected chi connectivity index (χ4v) is 4.89. The van der Waals surface area contributed by atoms with Gasteiger partial charge in [-0.25, -0.2) is 0 Å². The van der Waals surface area contributed by atoms with E-state index in [1.54, 1.807) is 18.4 Å². The minimum absolute atomic E-state index is 0.0110. The highest BCUT2D eigenvalue weighted by Crippen LogP contribution is 2.37. The zero-order valence-electron chi connectivity index (χ0n) is 18.0. The predicted molar refractivity (Wildman–Crippen MR) is 124 cm³/mol. The molecule has 0 aliphatic carbocycles. The molecule has 0 spiro atoms. The summed E-state index contributed by atoms with van der Waals surface area (Å²) in [5, 5.41) is 5.58. The third-order valence-corrected chi connectivity index (χ3v) is 6.75. The van der Waals surface area contributed by atoms with Gasteiger partial charge >= 0.3 is 0 Å². The maximum atomic E-state index is 13.4. The highest BCUT2D eigenvalue weighted by Gasteiger charge is 2.35. The molecule has 32 heavy (non-hydrogen) atoms. The SMILES string of the molecule is COc1cc([C@H]2Nc3ccccc3C(=O)N2C[C@@H]2CCCO2)ccc1OCc1cccs1. The van der Waals surface area contributed by atoms with Crippen LogP contribution in [0, 0.1) is 0 Å². The molecule has 0 unspecified atom stereocenters. The van der Waals surface area contributed by atoms with Gasteiger partial charge in [0.2, 0.25) is 0 Å². The number of nitrogens with one attached hydrogen (secondary N) is 1. The number of nitrogens with zero attached hydrogens (tertiary/aromatic N) is 1.